The highest BCUT2D eigenvalue weighted by molar-refractivity contribution is 6.24. The minimum absolute atomic E-state index is 0.664. The van der Waals surface area contributed by atoms with Crippen LogP contribution in [0.2, 0.25) is 0 Å². The van der Waals surface area contributed by atoms with Gasteiger partial charge in [0, 0.05) is 40.5 Å². The molecule has 3 heteroatoms. The standard InChI is InChI=1S/C38H23N3/c1-2-12-25-24(11-1)26-13-4-7-18-31(26)35-22-41(23-36(35)32-19-8-5-14-27(25)32)38-39-21-34-30-17-6-3-15-28(30)29-16-9-10-20-33(29)37(34)40-38/h1-23H. The molecule has 8 aromatic rings. The fourth-order valence-corrected chi connectivity index (χ4v) is 6.63. The Morgan fingerprint density at radius 3 is 1.22 bits per heavy atom. The summed E-state index contributed by atoms with van der Waals surface area (Å²) in [6.45, 7) is 0. The number of nitrogens with zero attached hydrogens (tertiary/aromatic N) is 3. The maximum Gasteiger partial charge on any atom is 0.234 e. The van der Waals surface area contributed by atoms with Gasteiger partial charge in [-0.1, -0.05) is 121 Å². The minimum atomic E-state index is 0.664. The van der Waals surface area contributed by atoms with Crippen molar-refractivity contribution < 1.29 is 0 Å². The van der Waals surface area contributed by atoms with E-state index in [1.807, 2.05) is 6.20 Å². The van der Waals surface area contributed by atoms with Gasteiger partial charge in [-0.05, 0) is 49.5 Å². The van der Waals surface area contributed by atoms with E-state index < -0.39 is 0 Å². The molecule has 0 bridgehead atoms. The average Bonchev–Trinajstić information content (AvgIpc) is 3.49. The molecule has 3 nitrogen and oxygen atoms in total. The van der Waals surface area contributed by atoms with Crippen LogP contribution in [0.1, 0.15) is 0 Å². The molecule has 0 fully saturated rings. The van der Waals surface area contributed by atoms with Crippen molar-refractivity contribution in [2.75, 3.05) is 0 Å². The van der Waals surface area contributed by atoms with Crippen LogP contribution in [0, 0.1) is 0 Å². The topological polar surface area (TPSA) is 30.7 Å². The van der Waals surface area contributed by atoms with Gasteiger partial charge in [0.1, 0.15) is 0 Å². The zero-order chi connectivity index (χ0) is 26.9. The Labute approximate surface area is 237 Å². The Morgan fingerprint density at radius 2 is 0.732 bits per heavy atom. The average molecular weight is 522 g/mol. The first kappa shape index (κ1) is 22.3. The summed E-state index contributed by atoms with van der Waals surface area (Å²) in [7, 11) is 0. The normalized spacial score (nSPS) is 11.9. The molecule has 0 spiro atoms. The fourth-order valence-electron chi connectivity index (χ4n) is 6.63. The van der Waals surface area contributed by atoms with Crippen LogP contribution in [-0.2, 0) is 0 Å². The van der Waals surface area contributed by atoms with Gasteiger partial charge in [-0.3, -0.25) is 4.57 Å². The van der Waals surface area contributed by atoms with Crippen LogP contribution in [0.4, 0.5) is 0 Å². The number of benzene rings is 6. The largest absolute Gasteiger partial charge is 0.291 e. The molecule has 1 aliphatic carbocycles. The van der Waals surface area contributed by atoms with Crippen molar-refractivity contribution in [1.82, 2.24) is 14.5 Å². The first-order valence-corrected chi connectivity index (χ1v) is 13.9. The Balaban J connectivity index is 1.34. The van der Waals surface area contributed by atoms with E-state index in [4.69, 9.17) is 9.97 Å². The fraction of sp³-hybridized carbons (Fsp3) is 0. The van der Waals surface area contributed by atoms with Gasteiger partial charge in [0.15, 0.2) is 0 Å². The van der Waals surface area contributed by atoms with E-state index in [0.717, 1.165) is 16.3 Å². The highest BCUT2D eigenvalue weighted by Crippen LogP contribution is 2.48. The Bertz CT molecular complexity index is 2210. The van der Waals surface area contributed by atoms with Crippen molar-refractivity contribution in [1.29, 1.82) is 0 Å². The maximum absolute atomic E-state index is 5.22. The van der Waals surface area contributed by atoms with E-state index in [1.165, 1.54) is 60.7 Å². The lowest BCUT2D eigenvalue weighted by Crippen LogP contribution is -1.99. The van der Waals surface area contributed by atoms with Crippen molar-refractivity contribution in [3.63, 3.8) is 0 Å². The van der Waals surface area contributed by atoms with Crippen molar-refractivity contribution in [3.8, 4) is 50.5 Å². The van der Waals surface area contributed by atoms with E-state index in [-0.39, 0.29) is 0 Å². The number of fused-ring (bicyclic) bond motifs is 14. The van der Waals surface area contributed by atoms with Crippen LogP contribution in [0.5, 0.6) is 0 Å². The summed E-state index contributed by atoms with van der Waals surface area (Å²) in [5.41, 5.74) is 10.7. The van der Waals surface area contributed by atoms with Gasteiger partial charge in [0.05, 0.1) is 5.52 Å². The van der Waals surface area contributed by atoms with Crippen LogP contribution < -0.4 is 0 Å². The van der Waals surface area contributed by atoms with Crippen LogP contribution in [0.15, 0.2) is 140 Å². The summed E-state index contributed by atoms with van der Waals surface area (Å²) in [5.74, 6) is 0.664. The highest BCUT2D eigenvalue weighted by atomic mass is 15.1. The molecule has 2 heterocycles. The molecule has 190 valence electrons. The minimum Gasteiger partial charge on any atom is -0.291 e. The van der Waals surface area contributed by atoms with E-state index in [2.05, 4.69) is 138 Å². The second kappa shape index (κ2) is 8.48. The summed E-state index contributed by atoms with van der Waals surface area (Å²) in [6.07, 6.45) is 6.38. The smallest absolute Gasteiger partial charge is 0.234 e. The third-order valence-corrected chi connectivity index (χ3v) is 8.46. The third kappa shape index (κ3) is 3.20. The van der Waals surface area contributed by atoms with Crippen LogP contribution in [0.3, 0.4) is 0 Å². The zero-order valence-electron chi connectivity index (χ0n) is 22.1. The maximum atomic E-state index is 5.22. The van der Waals surface area contributed by atoms with E-state index in [9.17, 15) is 0 Å². The lowest BCUT2D eigenvalue weighted by molar-refractivity contribution is 0.954. The lowest BCUT2D eigenvalue weighted by atomic mass is 9.82. The Morgan fingerprint density at radius 1 is 0.366 bits per heavy atom. The monoisotopic (exact) mass is 521 g/mol. The van der Waals surface area contributed by atoms with Gasteiger partial charge in [-0.25, -0.2) is 9.97 Å². The molecule has 0 unspecified atom stereocenters. The summed E-state index contributed by atoms with van der Waals surface area (Å²) in [5, 5.41) is 5.82. The summed E-state index contributed by atoms with van der Waals surface area (Å²) >= 11 is 0. The van der Waals surface area contributed by atoms with Crippen molar-refractivity contribution >= 4 is 32.4 Å². The van der Waals surface area contributed by atoms with Crippen LogP contribution >= 0.6 is 0 Å². The second-order valence-corrected chi connectivity index (χ2v) is 10.7. The molecule has 0 saturated heterocycles. The summed E-state index contributed by atoms with van der Waals surface area (Å²) in [6, 6.07) is 43.2. The molecule has 0 saturated carbocycles. The summed E-state index contributed by atoms with van der Waals surface area (Å²) in [4.78, 5) is 10.1. The van der Waals surface area contributed by atoms with Gasteiger partial charge in [-0.2, -0.15) is 0 Å². The Hall–Kier alpha value is -5.54. The number of aromatic nitrogens is 3. The van der Waals surface area contributed by atoms with Gasteiger partial charge in [-0.15, -0.1) is 0 Å². The van der Waals surface area contributed by atoms with Crippen molar-refractivity contribution in [2.24, 2.45) is 0 Å². The number of rotatable bonds is 1. The van der Waals surface area contributed by atoms with Crippen molar-refractivity contribution in [2.45, 2.75) is 0 Å². The molecule has 0 N–H and O–H groups in total. The number of hydrogen-bond acceptors (Lipinski definition) is 2. The molecule has 0 radical (unpaired) electrons. The second-order valence-electron chi connectivity index (χ2n) is 10.7. The van der Waals surface area contributed by atoms with E-state index in [1.54, 1.807) is 0 Å². The van der Waals surface area contributed by atoms with Crippen LogP contribution in [0.25, 0.3) is 82.9 Å². The number of hydrogen-bond donors (Lipinski definition) is 0. The van der Waals surface area contributed by atoms with Crippen molar-refractivity contribution in [3.05, 3.63) is 140 Å². The molecule has 9 rings (SSSR count). The third-order valence-electron chi connectivity index (χ3n) is 8.46. The predicted octanol–water partition coefficient (Wildman–Crippen LogP) is 9.71. The summed E-state index contributed by atoms with van der Waals surface area (Å²) < 4.78 is 2.09. The molecule has 0 amide bonds. The first-order chi connectivity index (χ1) is 20.3. The molecule has 0 aliphatic heterocycles. The van der Waals surface area contributed by atoms with Gasteiger partial charge in [0.2, 0.25) is 5.95 Å². The lowest BCUT2D eigenvalue weighted by Gasteiger charge is -2.20. The highest BCUT2D eigenvalue weighted by Gasteiger charge is 2.23. The molecular formula is C38H23N3. The molecule has 41 heavy (non-hydrogen) atoms. The Kier molecular flexibility index (Phi) is 4.61. The van der Waals surface area contributed by atoms with Crippen LogP contribution in [-0.4, -0.2) is 14.5 Å². The molecule has 0 atom stereocenters. The SMILES string of the molecule is c1ccc2c(c1)-c1ccccc1-c1cn(-c3ncc4c5ccccc5c5ccccc5c4n3)cc1-c1ccccc1-2. The zero-order valence-corrected chi connectivity index (χ0v) is 22.1. The molecule has 6 aromatic carbocycles. The van der Waals surface area contributed by atoms with Gasteiger partial charge < -0.3 is 0 Å². The van der Waals surface area contributed by atoms with E-state index in [0.29, 0.717) is 5.95 Å². The quantitative estimate of drug-likeness (QED) is 0.201. The van der Waals surface area contributed by atoms with Gasteiger partial charge >= 0.3 is 0 Å². The molecular weight excluding hydrogens is 498 g/mol. The molecule has 1 aliphatic rings. The predicted molar refractivity (Wildman–Crippen MR) is 169 cm³/mol. The molecule has 2 aromatic heterocycles. The van der Waals surface area contributed by atoms with Gasteiger partial charge in [0.25, 0.3) is 0 Å². The van der Waals surface area contributed by atoms with E-state index >= 15 is 0 Å². The first-order valence-electron chi connectivity index (χ1n) is 13.9.